The van der Waals surface area contributed by atoms with E-state index < -0.39 is 0 Å². The number of rotatable bonds is 0. The molecular formula is C12H18S4. The fourth-order valence-corrected chi connectivity index (χ4v) is 11.2. The molecule has 2 aliphatic carbocycles. The fourth-order valence-electron chi connectivity index (χ4n) is 4.04. The van der Waals surface area contributed by atoms with Gasteiger partial charge in [-0.05, 0) is 37.5 Å². The lowest BCUT2D eigenvalue weighted by Crippen LogP contribution is -2.18. The lowest BCUT2D eigenvalue weighted by atomic mass is 10.0. The number of thioether (sulfide) groups is 4. The SMILES string of the molecule is C1CSC2(CC3CC4(CC3C2)SCCS4)S1. The molecule has 0 aromatic rings. The van der Waals surface area contributed by atoms with Crippen molar-refractivity contribution in [3.05, 3.63) is 0 Å². The van der Waals surface area contributed by atoms with Gasteiger partial charge < -0.3 is 0 Å². The maximum Gasteiger partial charge on any atom is 0.0617 e. The van der Waals surface area contributed by atoms with Gasteiger partial charge in [-0.3, -0.25) is 0 Å². The molecule has 2 saturated carbocycles. The third-order valence-corrected chi connectivity index (χ3v) is 11.6. The molecule has 0 aromatic heterocycles. The Kier molecular flexibility index (Phi) is 2.77. The smallest absolute Gasteiger partial charge is 0.0617 e. The van der Waals surface area contributed by atoms with Crippen molar-refractivity contribution in [2.45, 2.75) is 33.8 Å². The van der Waals surface area contributed by atoms with E-state index in [1.54, 1.807) is 0 Å². The molecule has 0 N–H and O–H groups in total. The first-order valence-corrected chi connectivity index (χ1v) is 10.3. The number of hydrogen-bond acceptors (Lipinski definition) is 4. The molecule has 0 radical (unpaired) electrons. The van der Waals surface area contributed by atoms with Crippen LogP contribution in [0, 0.1) is 11.8 Å². The molecule has 0 bridgehead atoms. The zero-order valence-electron chi connectivity index (χ0n) is 9.44. The van der Waals surface area contributed by atoms with E-state index in [-0.39, 0.29) is 0 Å². The van der Waals surface area contributed by atoms with Crippen LogP contribution < -0.4 is 0 Å². The van der Waals surface area contributed by atoms with Gasteiger partial charge >= 0.3 is 0 Å². The van der Waals surface area contributed by atoms with Gasteiger partial charge in [0.05, 0.1) is 8.16 Å². The average Bonchev–Trinajstić information content (AvgIpc) is 2.96. The third-order valence-electron chi connectivity index (χ3n) is 4.59. The molecule has 4 fully saturated rings. The van der Waals surface area contributed by atoms with Crippen molar-refractivity contribution >= 4 is 47.0 Å². The second-order valence-corrected chi connectivity index (χ2v) is 12.0. The Morgan fingerprint density at radius 3 is 1.19 bits per heavy atom. The van der Waals surface area contributed by atoms with E-state index in [9.17, 15) is 0 Å². The van der Waals surface area contributed by atoms with Crippen LogP contribution in [0.25, 0.3) is 0 Å². The first-order valence-electron chi connectivity index (χ1n) is 6.35. The monoisotopic (exact) mass is 290 g/mol. The summed E-state index contributed by atoms with van der Waals surface area (Å²) < 4.78 is 1.37. The van der Waals surface area contributed by atoms with Crippen LogP contribution >= 0.6 is 47.0 Å². The molecule has 4 heteroatoms. The molecule has 90 valence electrons. The van der Waals surface area contributed by atoms with Crippen molar-refractivity contribution in [2.75, 3.05) is 23.0 Å². The minimum absolute atomic E-state index is 0.685. The molecule has 16 heavy (non-hydrogen) atoms. The topological polar surface area (TPSA) is 0 Å². The van der Waals surface area contributed by atoms with Crippen molar-refractivity contribution in [2.24, 2.45) is 11.8 Å². The fraction of sp³-hybridized carbons (Fsp3) is 1.00. The first-order chi connectivity index (χ1) is 7.79. The van der Waals surface area contributed by atoms with Crippen molar-refractivity contribution in [1.82, 2.24) is 0 Å². The van der Waals surface area contributed by atoms with E-state index in [1.807, 2.05) is 0 Å². The summed E-state index contributed by atoms with van der Waals surface area (Å²) in [6, 6.07) is 0. The summed E-state index contributed by atoms with van der Waals surface area (Å²) in [4.78, 5) is 0. The Morgan fingerprint density at radius 1 is 0.562 bits per heavy atom. The summed E-state index contributed by atoms with van der Waals surface area (Å²) in [5.41, 5.74) is 0. The lowest BCUT2D eigenvalue weighted by molar-refractivity contribution is 0.457. The highest BCUT2D eigenvalue weighted by Crippen LogP contribution is 2.67. The zero-order chi connectivity index (χ0) is 10.6. The average molecular weight is 291 g/mol. The minimum Gasteiger partial charge on any atom is -0.143 e. The van der Waals surface area contributed by atoms with Crippen LogP contribution in [-0.2, 0) is 0 Å². The molecule has 0 aromatic carbocycles. The normalized spacial score (nSPS) is 43.5. The standard InChI is InChI=1S/C12H18S4/c1-2-14-11(13-1)5-9-7-12(8-10(9)6-11)15-3-4-16-12/h9-10H,1-8H2. The van der Waals surface area contributed by atoms with E-state index in [0.717, 1.165) is 11.8 Å². The summed E-state index contributed by atoms with van der Waals surface area (Å²) in [5.74, 6) is 7.82. The number of fused-ring (bicyclic) bond motifs is 1. The summed E-state index contributed by atoms with van der Waals surface area (Å²) in [5, 5.41) is 0. The quantitative estimate of drug-likeness (QED) is 0.656. The highest BCUT2D eigenvalue weighted by molar-refractivity contribution is 8.21. The van der Waals surface area contributed by atoms with Crippen LogP contribution in [0.4, 0.5) is 0 Å². The van der Waals surface area contributed by atoms with Gasteiger partial charge in [0, 0.05) is 23.0 Å². The molecule has 4 aliphatic rings. The summed E-state index contributed by atoms with van der Waals surface area (Å²) >= 11 is 9.16. The van der Waals surface area contributed by atoms with Gasteiger partial charge in [0.2, 0.25) is 0 Å². The van der Waals surface area contributed by atoms with E-state index >= 15 is 0 Å². The molecule has 2 saturated heterocycles. The molecule has 0 atom stereocenters. The molecule has 0 nitrogen and oxygen atoms in total. The van der Waals surface area contributed by atoms with E-state index in [4.69, 9.17) is 0 Å². The Morgan fingerprint density at radius 2 is 0.875 bits per heavy atom. The molecule has 0 amide bonds. The lowest BCUT2D eigenvalue weighted by Gasteiger charge is -2.27. The van der Waals surface area contributed by atoms with Crippen LogP contribution in [0.5, 0.6) is 0 Å². The minimum atomic E-state index is 0.685. The number of hydrogen-bond donors (Lipinski definition) is 0. The van der Waals surface area contributed by atoms with E-state index in [0.29, 0.717) is 8.16 Å². The Labute approximate surface area is 115 Å². The third kappa shape index (κ3) is 1.70. The van der Waals surface area contributed by atoms with Gasteiger partial charge in [0.15, 0.2) is 0 Å². The maximum atomic E-state index is 2.29. The first kappa shape index (κ1) is 11.2. The van der Waals surface area contributed by atoms with Crippen LogP contribution in [0.15, 0.2) is 0 Å². The van der Waals surface area contributed by atoms with Crippen LogP contribution in [-0.4, -0.2) is 31.2 Å². The van der Waals surface area contributed by atoms with Crippen LogP contribution in [0.3, 0.4) is 0 Å². The largest absolute Gasteiger partial charge is 0.143 e. The van der Waals surface area contributed by atoms with Crippen molar-refractivity contribution < 1.29 is 0 Å². The molecule has 2 spiro atoms. The Hall–Kier alpha value is 1.40. The van der Waals surface area contributed by atoms with Gasteiger partial charge in [-0.1, -0.05) is 0 Å². The van der Waals surface area contributed by atoms with Gasteiger partial charge in [0.25, 0.3) is 0 Å². The Bertz CT molecular complexity index is 245. The molecule has 2 aliphatic heterocycles. The zero-order valence-corrected chi connectivity index (χ0v) is 12.7. The van der Waals surface area contributed by atoms with Crippen molar-refractivity contribution in [3.63, 3.8) is 0 Å². The predicted molar refractivity (Wildman–Crippen MR) is 80.7 cm³/mol. The van der Waals surface area contributed by atoms with Crippen LogP contribution in [0.1, 0.15) is 25.7 Å². The maximum absolute atomic E-state index is 2.29. The van der Waals surface area contributed by atoms with Gasteiger partial charge in [-0.25, -0.2) is 0 Å². The van der Waals surface area contributed by atoms with Crippen molar-refractivity contribution in [3.8, 4) is 0 Å². The predicted octanol–water partition coefficient (Wildman–Crippen LogP) is 4.16. The molecule has 2 heterocycles. The molecule has 4 rings (SSSR count). The summed E-state index contributed by atoms with van der Waals surface area (Å²) in [6.07, 6.45) is 6.15. The van der Waals surface area contributed by atoms with Gasteiger partial charge in [-0.15, -0.1) is 47.0 Å². The summed E-state index contributed by atoms with van der Waals surface area (Å²) in [7, 11) is 0. The van der Waals surface area contributed by atoms with Crippen LogP contribution in [0.2, 0.25) is 0 Å². The molecular weight excluding hydrogens is 272 g/mol. The van der Waals surface area contributed by atoms with E-state index in [1.165, 1.54) is 48.7 Å². The Balaban J connectivity index is 1.50. The van der Waals surface area contributed by atoms with E-state index in [2.05, 4.69) is 47.0 Å². The highest BCUT2D eigenvalue weighted by atomic mass is 32.2. The second kappa shape index (κ2) is 3.94. The summed E-state index contributed by atoms with van der Waals surface area (Å²) in [6.45, 7) is 0. The van der Waals surface area contributed by atoms with Crippen molar-refractivity contribution in [1.29, 1.82) is 0 Å². The van der Waals surface area contributed by atoms with Gasteiger partial charge in [0.1, 0.15) is 0 Å². The second-order valence-electron chi connectivity index (χ2n) is 5.55. The van der Waals surface area contributed by atoms with Gasteiger partial charge in [-0.2, -0.15) is 0 Å². The highest BCUT2D eigenvalue weighted by Gasteiger charge is 2.56. The molecule has 0 unspecified atom stereocenters.